The van der Waals surface area contributed by atoms with Crippen molar-refractivity contribution >= 4 is 28.9 Å². The van der Waals surface area contributed by atoms with Crippen LogP contribution in [0.1, 0.15) is 41.9 Å². The SMILES string of the molecule is N#Cc1cnc(Nc2cc(NC3CCC(N)CC3)c(C(=O)Nc3ccccc3)nn2)cn1. The first kappa shape index (κ1) is 21.1. The molecule has 0 bridgehead atoms. The third kappa shape index (κ3) is 5.33. The van der Waals surface area contributed by atoms with Crippen LogP contribution in [0.5, 0.6) is 0 Å². The highest BCUT2D eigenvalue weighted by atomic mass is 16.2. The summed E-state index contributed by atoms with van der Waals surface area (Å²) in [5.41, 5.74) is 7.68. The van der Waals surface area contributed by atoms with Gasteiger partial charge >= 0.3 is 0 Å². The Morgan fingerprint density at radius 1 is 1.03 bits per heavy atom. The average molecular weight is 429 g/mol. The van der Waals surface area contributed by atoms with Gasteiger partial charge in [-0.25, -0.2) is 9.97 Å². The minimum absolute atomic E-state index is 0.185. The van der Waals surface area contributed by atoms with Crippen LogP contribution in [0.3, 0.4) is 0 Å². The van der Waals surface area contributed by atoms with Crippen molar-refractivity contribution in [2.75, 3.05) is 16.0 Å². The van der Waals surface area contributed by atoms with Crippen LogP contribution in [0.15, 0.2) is 48.8 Å². The lowest BCUT2D eigenvalue weighted by molar-refractivity contribution is 0.102. The third-order valence-corrected chi connectivity index (χ3v) is 5.19. The van der Waals surface area contributed by atoms with Crippen molar-refractivity contribution in [3.8, 4) is 6.07 Å². The molecule has 0 aliphatic heterocycles. The van der Waals surface area contributed by atoms with Crippen LogP contribution in [0.4, 0.5) is 23.0 Å². The highest BCUT2D eigenvalue weighted by Gasteiger charge is 2.22. The maximum absolute atomic E-state index is 12.9. The van der Waals surface area contributed by atoms with E-state index in [-0.39, 0.29) is 29.4 Å². The fourth-order valence-corrected chi connectivity index (χ4v) is 3.51. The van der Waals surface area contributed by atoms with E-state index in [1.165, 1.54) is 12.4 Å². The van der Waals surface area contributed by atoms with E-state index in [0.29, 0.717) is 23.0 Å². The predicted octanol–water partition coefficient (Wildman–Crippen LogP) is 2.82. The van der Waals surface area contributed by atoms with Gasteiger partial charge in [0.25, 0.3) is 5.91 Å². The number of aromatic nitrogens is 4. The van der Waals surface area contributed by atoms with Gasteiger partial charge in [-0.05, 0) is 37.8 Å². The molecule has 1 fully saturated rings. The minimum atomic E-state index is -0.358. The Morgan fingerprint density at radius 3 is 2.50 bits per heavy atom. The number of amides is 1. The Morgan fingerprint density at radius 2 is 1.81 bits per heavy atom. The normalized spacial score (nSPS) is 17.8. The van der Waals surface area contributed by atoms with Crippen LogP contribution in [-0.4, -0.2) is 38.2 Å². The molecule has 1 amide bonds. The molecule has 1 saturated carbocycles. The zero-order chi connectivity index (χ0) is 22.3. The summed E-state index contributed by atoms with van der Waals surface area (Å²) < 4.78 is 0. The topological polar surface area (TPSA) is 155 Å². The Hall–Kier alpha value is -4.10. The van der Waals surface area contributed by atoms with E-state index in [1.807, 2.05) is 24.3 Å². The summed E-state index contributed by atoms with van der Waals surface area (Å²) in [6.45, 7) is 0. The van der Waals surface area contributed by atoms with E-state index in [0.717, 1.165) is 25.7 Å². The number of benzene rings is 1. The molecule has 162 valence electrons. The number of nitriles is 1. The second-order valence-corrected chi connectivity index (χ2v) is 7.59. The summed E-state index contributed by atoms with van der Waals surface area (Å²) in [5, 5.41) is 26.5. The number of para-hydroxylation sites is 1. The molecule has 2 aromatic heterocycles. The molecule has 10 heteroatoms. The van der Waals surface area contributed by atoms with Gasteiger partial charge in [0.1, 0.15) is 11.9 Å². The van der Waals surface area contributed by atoms with E-state index in [9.17, 15) is 4.79 Å². The number of rotatable bonds is 6. The van der Waals surface area contributed by atoms with Gasteiger partial charge in [-0.2, -0.15) is 5.26 Å². The van der Waals surface area contributed by atoms with Crippen molar-refractivity contribution < 1.29 is 4.79 Å². The number of carbonyl (C=O) groups is 1. The van der Waals surface area contributed by atoms with Crippen LogP contribution in [0.2, 0.25) is 0 Å². The second-order valence-electron chi connectivity index (χ2n) is 7.59. The van der Waals surface area contributed by atoms with Gasteiger partial charge in [0.2, 0.25) is 0 Å². The molecular weight excluding hydrogens is 406 g/mol. The maximum Gasteiger partial charge on any atom is 0.278 e. The third-order valence-electron chi connectivity index (χ3n) is 5.19. The van der Waals surface area contributed by atoms with Gasteiger partial charge in [-0.1, -0.05) is 18.2 Å². The Kier molecular flexibility index (Phi) is 6.48. The quantitative estimate of drug-likeness (QED) is 0.463. The van der Waals surface area contributed by atoms with Gasteiger partial charge in [-0.3, -0.25) is 4.79 Å². The largest absolute Gasteiger partial charge is 0.380 e. The summed E-state index contributed by atoms with van der Waals surface area (Å²) in [6, 6.07) is 13.2. The number of nitrogens with two attached hydrogens (primary N) is 1. The molecule has 32 heavy (non-hydrogen) atoms. The zero-order valence-corrected chi connectivity index (χ0v) is 17.3. The van der Waals surface area contributed by atoms with Crippen molar-refractivity contribution in [2.24, 2.45) is 5.73 Å². The highest BCUT2D eigenvalue weighted by Crippen LogP contribution is 2.25. The van der Waals surface area contributed by atoms with Gasteiger partial charge in [0.05, 0.1) is 18.1 Å². The lowest BCUT2D eigenvalue weighted by Crippen LogP contribution is -2.33. The number of nitrogens with zero attached hydrogens (tertiary/aromatic N) is 5. The van der Waals surface area contributed by atoms with E-state index in [2.05, 4.69) is 36.1 Å². The molecule has 0 atom stereocenters. The molecule has 0 unspecified atom stereocenters. The fourth-order valence-electron chi connectivity index (χ4n) is 3.51. The number of nitrogens with one attached hydrogen (secondary N) is 3. The smallest absolute Gasteiger partial charge is 0.278 e. The molecule has 4 rings (SSSR count). The van der Waals surface area contributed by atoms with Gasteiger partial charge in [0, 0.05) is 23.8 Å². The maximum atomic E-state index is 12.9. The summed E-state index contributed by atoms with van der Waals surface area (Å²) in [5.74, 6) is 0.452. The van der Waals surface area contributed by atoms with E-state index in [1.54, 1.807) is 18.2 Å². The van der Waals surface area contributed by atoms with Crippen LogP contribution in [-0.2, 0) is 0 Å². The summed E-state index contributed by atoms with van der Waals surface area (Å²) in [7, 11) is 0. The summed E-state index contributed by atoms with van der Waals surface area (Å²) in [4.78, 5) is 21.0. The van der Waals surface area contributed by atoms with E-state index >= 15 is 0 Å². The van der Waals surface area contributed by atoms with Crippen molar-refractivity contribution in [1.82, 2.24) is 20.2 Å². The second kappa shape index (κ2) is 9.80. The Balaban J connectivity index is 1.57. The molecule has 2 heterocycles. The van der Waals surface area contributed by atoms with Crippen LogP contribution in [0.25, 0.3) is 0 Å². The van der Waals surface area contributed by atoms with Crippen molar-refractivity contribution in [1.29, 1.82) is 5.26 Å². The molecule has 10 nitrogen and oxygen atoms in total. The number of hydrogen-bond donors (Lipinski definition) is 4. The first-order valence-electron chi connectivity index (χ1n) is 10.4. The van der Waals surface area contributed by atoms with Gasteiger partial charge in [-0.15, -0.1) is 10.2 Å². The molecule has 1 aliphatic rings. The first-order chi connectivity index (χ1) is 15.6. The molecule has 5 N–H and O–H groups in total. The predicted molar refractivity (Wildman–Crippen MR) is 120 cm³/mol. The molecule has 0 radical (unpaired) electrons. The first-order valence-corrected chi connectivity index (χ1v) is 10.4. The summed E-state index contributed by atoms with van der Waals surface area (Å²) in [6.07, 6.45) is 6.47. The lowest BCUT2D eigenvalue weighted by atomic mass is 9.91. The van der Waals surface area contributed by atoms with E-state index < -0.39 is 0 Å². The van der Waals surface area contributed by atoms with Crippen molar-refractivity contribution in [3.05, 3.63) is 60.2 Å². The summed E-state index contributed by atoms with van der Waals surface area (Å²) >= 11 is 0. The van der Waals surface area contributed by atoms with Gasteiger partial charge in [0.15, 0.2) is 17.2 Å². The minimum Gasteiger partial charge on any atom is -0.380 e. The van der Waals surface area contributed by atoms with E-state index in [4.69, 9.17) is 11.0 Å². The lowest BCUT2D eigenvalue weighted by Gasteiger charge is -2.28. The molecule has 1 aliphatic carbocycles. The molecule has 3 aromatic rings. The average Bonchev–Trinajstić information content (AvgIpc) is 2.82. The zero-order valence-electron chi connectivity index (χ0n) is 17.3. The molecule has 0 spiro atoms. The van der Waals surface area contributed by atoms with Crippen LogP contribution < -0.4 is 21.7 Å². The van der Waals surface area contributed by atoms with Crippen LogP contribution >= 0.6 is 0 Å². The Bertz CT molecular complexity index is 1100. The standard InChI is InChI=1S/C22H23N9O/c23-11-17-12-26-20(13-25-17)29-19-10-18(27-16-8-6-14(24)7-9-16)21(31-30-19)22(32)28-15-4-2-1-3-5-15/h1-5,10,12-14,16H,6-9,24H2,(H,28,32)(H2,26,27,29,30). The number of anilines is 4. The molecule has 0 saturated heterocycles. The number of hydrogen-bond acceptors (Lipinski definition) is 9. The number of carbonyl (C=O) groups excluding carboxylic acids is 1. The highest BCUT2D eigenvalue weighted by molar-refractivity contribution is 6.06. The molecular formula is C22H23N9O. The van der Waals surface area contributed by atoms with Crippen molar-refractivity contribution in [3.63, 3.8) is 0 Å². The Labute approximate surface area is 185 Å². The molecule has 1 aromatic carbocycles. The van der Waals surface area contributed by atoms with Gasteiger partial charge < -0.3 is 21.7 Å². The van der Waals surface area contributed by atoms with Crippen LogP contribution in [0, 0.1) is 11.3 Å². The fraction of sp³-hybridized carbons (Fsp3) is 0.273. The monoisotopic (exact) mass is 429 g/mol. The van der Waals surface area contributed by atoms with Crippen molar-refractivity contribution in [2.45, 2.75) is 37.8 Å².